The van der Waals surface area contributed by atoms with Gasteiger partial charge in [0.1, 0.15) is 0 Å². The highest BCUT2D eigenvalue weighted by Crippen LogP contribution is 2.21. The standard InChI is InChI=1S/C16H24N2O3/c1-16(13-17(2)9-11-21-16)15(20)18(8-10-19)12-14-6-4-3-5-7-14/h3-7,19H,8-13H2,1-2H3/t16-/m0/s1. The molecule has 0 aliphatic carbocycles. The highest BCUT2D eigenvalue weighted by atomic mass is 16.5. The zero-order valence-electron chi connectivity index (χ0n) is 12.8. The Bertz CT molecular complexity index is 466. The maximum Gasteiger partial charge on any atom is 0.256 e. The Hall–Kier alpha value is -1.43. The first-order valence-electron chi connectivity index (χ1n) is 7.32. The number of rotatable bonds is 5. The maximum absolute atomic E-state index is 12.8. The molecule has 1 atom stereocenters. The molecule has 1 aliphatic heterocycles. The Morgan fingerprint density at radius 3 is 2.76 bits per heavy atom. The van der Waals surface area contributed by atoms with Gasteiger partial charge in [0.2, 0.25) is 0 Å². The molecular formula is C16H24N2O3. The van der Waals surface area contributed by atoms with E-state index in [1.54, 1.807) is 4.90 Å². The molecule has 21 heavy (non-hydrogen) atoms. The molecule has 2 rings (SSSR count). The van der Waals surface area contributed by atoms with Crippen molar-refractivity contribution in [2.45, 2.75) is 19.1 Å². The van der Waals surface area contributed by atoms with E-state index in [0.29, 0.717) is 26.2 Å². The largest absolute Gasteiger partial charge is 0.395 e. The maximum atomic E-state index is 12.8. The number of nitrogens with zero attached hydrogens (tertiary/aromatic N) is 2. The molecule has 1 N–H and O–H groups in total. The summed E-state index contributed by atoms with van der Waals surface area (Å²) in [5.41, 5.74) is 0.212. The molecule has 1 aromatic carbocycles. The van der Waals surface area contributed by atoms with Crippen LogP contribution < -0.4 is 0 Å². The van der Waals surface area contributed by atoms with Crippen LogP contribution in [-0.4, -0.2) is 66.3 Å². The summed E-state index contributed by atoms with van der Waals surface area (Å²) in [6.45, 7) is 4.55. The molecule has 1 amide bonds. The van der Waals surface area contributed by atoms with Gasteiger partial charge in [0.25, 0.3) is 5.91 Å². The number of benzene rings is 1. The van der Waals surface area contributed by atoms with Gasteiger partial charge in [-0.3, -0.25) is 4.79 Å². The number of hydrogen-bond donors (Lipinski definition) is 1. The summed E-state index contributed by atoms with van der Waals surface area (Å²) >= 11 is 0. The van der Waals surface area contributed by atoms with Gasteiger partial charge < -0.3 is 19.6 Å². The van der Waals surface area contributed by atoms with Crippen molar-refractivity contribution in [3.8, 4) is 0 Å². The van der Waals surface area contributed by atoms with Crippen molar-refractivity contribution in [2.75, 3.05) is 39.9 Å². The number of likely N-dealkylation sites (N-methyl/N-ethyl adjacent to an activating group) is 1. The fraction of sp³-hybridized carbons (Fsp3) is 0.562. The van der Waals surface area contributed by atoms with Gasteiger partial charge in [0, 0.05) is 26.2 Å². The summed E-state index contributed by atoms with van der Waals surface area (Å²) in [5.74, 6) is -0.0630. The number of carbonyl (C=O) groups excluding carboxylic acids is 1. The number of morpholine rings is 1. The van der Waals surface area contributed by atoms with Crippen molar-refractivity contribution in [3.63, 3.8) is 0 Å². The van der Waals surface area contributed by atoms with Gasteiger partial charge >= 0.3 is 0 Å². The molecule has 5 heteroatoms. The SMILES string of the molecule is CN1CCO[C@](C)(C(=O)N(CCO)Cc2ccccc2)C1. The van der Waals surface area contributed by atoms with Crippen molar-refractivity contribution in [1.82, 2.24) is 9.80 Å². The quantitative estimate of drug-likeness (QED) is 0.869. The molecule has 0 spiro atoms. The lowest BCUT2D eigenvalue weighted by Gasteiger charge is -2.40. The first-order chi connectivity index (χ1) is 10.0. The highest BCUT2D eigenvalue weighted by molar-refractivity contribution is 5.85. The van der Waals surface area contributed by atoms with Gasteiger partial charge in [-0.15, -0.1) is 0 Å². The summed E-state index contributed by atoms with van der Waals surface area (Å²) in [4.78, 5) is 16.6. The lowest BCUT2D eigenvalue weighted by molar-refractivity contribution is -0.167. The van der Waals surface area contributed by atoms with Crippen LogP contribution in [0.15, 0.2) is 30.3 Å². The lowest BCUT2D eigenvalue weighted by Crippen LogP contribution is -2.58. The van der Waals surface area contributed by atoms with E-state index in [9.17, 15) is 9.90 Å². The molecule has 0 radical (unpaired) electrons. The third-order valence-corrected chi connectivity index (χ3v) is 3.79. The molecule has 116 valence electrons. The Morgan fingerprint density at radius 2 is 2.14 bits per heavy atom. The van der Waals surface area contributed by atoms with E-state index in [2.05, 4.69) is 4.90 Å². The molecule has 0 saturated carbocycles. The topological polar surface area (TPSA) is 53.0 Å². The van der Waals surface area contributed by atoms with E-state index in [4.69, 9.17) is 4.74 Å². The van der Waals surface area contributed by atoms with Crippen LogP contribution in [0.2, 0.25) is 0 Å². The van der Waals surface area contributed by atoms with Gasteiger partial charge in [-0.25, -0.2) is 0 Å². The minimum atomic E-state index is -0.836. The van der Waals surface area contributed by atoms with Crippen molar-refractivity contribution < 1.29 is 14.6 Å². The second-order valence-corrected chi connectivity index (χ2v) is 5.75. The third kappa shape index (κ3) is 4.03. The lowest BCUT2D eigenvalue weighted by atomic mass is 10.0. The predicted molar refractivity (Wildman–Crippen MR) is 80.8 cm³/mol. The molecule has 1 heterocycles. The summed E-state index contributed by atoms with van der Waals surface area (Å²) < 4.78 is 5.75. The van der Waals surface area contributed by atoms with E-state index in [-0.39, 0.29) is 12.5 Å². The normalized spacial score (nSPS) is 23.0. The summed E-state index contributed by atoms with van der Waals surface area (Å²) in [7, 11) is 1.99. The van der Waals surface area contributed by atoms with Gasteiger partial charge in [-0.05, 0) is 19.5 Å². The third-order valence-electron chi connectivity index (χ3n) is 3.79. The Labute approximate surface area is 126 Å². The number of amides is 1. The number of hydrogen-bond acceptors (Lipinski definition) is 4. The van der Waals surface area contributed by atoms with E-state index < -0.39 is 5.60 Å². The Kier molecular flexibility index (Phi) is 5.33. The van der Waals surface area contributed by atoms with Crippen LogP contribution >= 0.6 is 0 Å². The van der Waals surface area contributed by atoms with Crippen LogP contribution in [0.25, 0.3) is 0 Å². The van der Waals surface area contributed by atoms with Gasteiger partial charge in [0.05, 0.1) is 13.2 Å². The smallest absolute Gasteiger partial charge is 0.256 e. The first-order valence-corrected chi connectivity index (χ1v) is 7.32. The molecule has 1 saturated heterocycles. The van der Waals surface area contributed by atoms with Crippen LogP contribution in [0.3, 0.4) is 0 Å². The van der Waals surface area contributed by atoms with E-state index in [1.165, 1.54) is 0 Å². The molecule has 1 aliphatic rings. The number of aliphatic hydroxyl groups is 1. The Morgan fingerprint density at radius 1 is 1.43 bits per heavy atom. The van der Waals surface area contributed by atoms with Crippen LogP contribution in [0.4, 0.5) is 0 Å². The zero-order valence-corrected chi connectivity index (χ0v) is 12.8. The second-order valence-electron chi connectivity index (χ2n) is 5.75. The zero-order chi connectivity index (χ0) is 15.3. The summed E-state index contributed by atoms with van der Waals surface area (Å²) in [5, 5.41) is 9.25. The van der Waals surface area contributed by atoms with Crippen molar-refractivity contribution >= 4 is 5.91 Å². The van der Waals surface area contributed by atoms with Crippen LogP contribution in [0.1, 0.15) is 12.5 Å². The minimum Gasteiger partial charge on any atom is -0.395 e. The molecule has 5 nitrogen and oxygen atoms in total. The molecule has 0 aromatic heterocycles. The monoisotopic (exact) mass is 292 g/mol. The minimum absolute atomic E-state index is 0.0511. The molecule has 1 fully saturated rings. The average molecular weight is 292 g/mol. The fourth-order valence-electron chi connectivity index (χ4n) is 2.71. The number of ether oxygens (including phenoxy) is 1. The molecule has 0 unspecified atom stereocenters. The molecular weight excluding hydrogens is 268 g/mol. The van der Waals surface area contributed by atoms with E-state index in [1.807, 2.05) is 44.3 Å². The number of carbonyl (C=O) groups is 1. The average Bonchev–Trinajstić information content (AvgIpc) is 2.47. The Balaban J connectivity index is 2.11. The van der Waals surface area contributed by atoms with E-state index >= 15 is 0 Å². The molecule has 0 bridgehead atoms. The first kappa shape index (κ1) is 15.9. The van der Waals surface area contributed by atoms with Gasteiger partial charge in [-0.1, -0.05) is 30.3 Å². The van der Waals surface area contributed by atoms with Crippen molar-refractivity contribution in [2.24, 2.45) is 0 Å². The summed E-state index contributed by atoms with van der Waals surface area (Å²) in [6.07, 6.45) is 0. The van der Waals surface area contributed by atoms with Gasteiger partial charge in [0.15, 0.2) is 5.60 Å². The predicted octanol–water partition coefficient (Wildman–Crippen LogP) is 0.728. The van der Waals surface area contributed by atoms with Crippen LogP contribution in [0.5, 0.6) is 0 Å². The summed E-state index contributed by atoms with van der Waals surface area (Å²) in [6, 6.07) is 9.80. The van der Waals surface area contributed by atoms with Gasteiger partial charge in [-0.2, -0.15) is 0 Å². The van der Waals surface area contributed by atoms with E-state index in [0.717, 1.165) is 12.1 Å². The van der Waals surface area contributed by atoms with Crippen LogP contribution in [-0.2, 0) is 16.1 Å². The van der Waals surface area contributed by atoms with Crippen molar-refractivity contribution in [3.05, 3.63) is 35.9 Å². The molecule has 1 aromatic rings. The fourth-order valence-corrected chi connectivity index (χ4v) is 2.71. The second kappa shape index (κ2) is 7.02. The van der Waals surface area contributed by atoms with Crippen molar-refractivity contribution in [1.29, 1.82) is 0 Å². The highest BCUT2D eigenvalue weighted by Gasteiger charge is 2.40. The van der Waals surface area contributed by atoms with Crippen LogP contribution in [0, 0.1) is 0 Å². The number of aliphatic hydroxyl groups excluding tert-OH is 1.